The predicted octanol–water partition coefficient (Wildman–Crippen LogP) is 6.98. The summed E-state index contributed by atoms with van der Waals surface area (Å²) in [5.74, 6) is 0.628. The molecule has 0 aliphatic carbocycles. The van der Waals surface area contributed by atoms with Crippen molar-refractivity contribution in [1.82, 2.24) is 4.98 Å². The Morgan fingerprint density at radius 2 is 1.79 bits per heavy atom. The molecule has 0 aliphatic heterocycles. The van der Waals surface area contributed by atoms with Crippen LogP contribution in [0.4, 0.5) is 0 Å². The molecule has 3 rings (SSSR count). The molecule has 0 amide bonds. The monoisotopic (exact) mass is 443 g/mol. The normalized spacial score (nSPS) is 12.1. The van der Waals surface area contributed by atoms with Gasteiger partial charge in [0.1, 0.15) is 12.4 Å². The molecular formula is C29H33NO3. The molecule has 1 heterocycles. The number of rotatable bonds is 11. The Hall–Kier alpha value is -3.40. The van der Waals surface area contributed by atoms with Crippen LogP contribution in [0.2, 0.25) is 0 Å². The van der Waals surface area contributed by atoms with E-state index in [2.05, 4.69) is 37.3 Å². The molecule has 0 fully saturated rings. The van der Waals surface area contributed by atoms with Crippen molar-refractivity contribution in [3.8, 4) is 5.75 Å². The van der Waals surface area contributed by atoms with Gasteiger partial charge in [-0.2, -0.15) is 0 Å². The highest BCUT2D eigenvalue weighted by Crippen LogP contribution is 2.21. The number of allylic oxidation sites excluding steroid dienone is 3. The number of pyridine rings is 1. The molecule has 4 heteroatoms. The lowest BCUT2D eigenvalue weighted by molar-refractivity contribution is -0.138. The van der Waals surface area contributed by atoms with E-state index in [0.717, 1.165) is 53.6 Å². The van der Waals surface area contributed by atoms with E-state index in [0.29, 0.717) is 18.8 Å². The first-order chi connectivity index (χ1) is 16.0. The fraction of sp³-hybridized carbons (Fsp3) is 0.310. The van der Waals surface area contributed by atoms with E-state index in [1.165, 1.54) is 5.57 Å². The van der Waals surface area contributed by atoms with E-state index >= 15 is 0 Å². The number of fused-ring (bicyclic) bond motifs is 1. The summed E-state index contributed by atoms with van der Waals surface area (Å²) in [4.78, 5) is 16.4. The third-order valence-electron chi connectivity index (χ3n) is 5.45. The summed E-state index contributed by atoms with van der Waals surface area (Å²) in [5, 5.41) is 1.08. The molecule has 0 N–H and O–H groups in total. The quantitative estimate of drug-likeness (QED) is 0.182. The van der Waals surface area contributed by atoms with Gasteiger partial charge in [0.2, 0.25) is 0 Å². The maximum atomic E-state index is 11.6. The largest absolute Gasteiger partial charge is 0.489 e. The molecule has 0 spiro atoms. The summed E-state index contributed by atoms with van der Waals surface area (Å²) in [6, 6.07) is 20.4. The second kappa shape index (κ2) is 12.6. The average molecular weight is 444 g/mol. The molecule has 0 aliphatic rings. The summed E-state index contributed by atoms with van der Waals surface area (Å²) in [7, 11) is 0. The summed E-state index contributed by atoms with van der Waals surface area (Å²) in [6.07, 6.45) is 7.85. The Kier molecular flexibility index (Phi) is 9.25. The van der Waals surface area contributed by atoms with Crippen LogP contribution in [0, 0.1) is 0 Å². The molecule has 3 aromatic rings. The van der Waals surface area contributed by atoms with Gasteiger partial charge in [-0.05, 0) is 76.3 Å². The van der Waals surface area contributed by atoms with Crippen LogP contribution in [-0.2, 0) is 22.6 Å². The standard InChI is InChI=1S/C29H33NO3/c1-4-32-29(31)23(3)12-8-10-22(2)11-9-15-26-17-16-25-20-27(18-19-28(25)30-26)33-21-24-13-6-5-7-14-24/h5-7,11-14,16-20H,4,8-10,15,21H2,1-3H3/b22-11+,23-12+. The molecule has 0 radical (unpaired) electrons. The number of ether oxygens (including phenoxy) is 2. The van der Waals surface area contributed by atoms with Crippen LogP contribution >= 0.6 is 0 Å². The number of aromatic nitrogens is 1. The van der Waals surface area contributed by atoms with Crippen molar-refractivity contribution in [2.45, 2.75) is 53.1 Å². The topological polar surface area (TPSA) is 48.4 Å². The van der Waals surface area contributed by atoms with E-state index in [-0.39, 0.29) is 5.97 Å². The van der Waals surface area contributed by atoms with Gasteiger partial charge >= 0.3 is 5.97 Å². The summed E-state index contributed by atoms with van der Waals surface area (Å²) in [6.45, 7) is 6.73. The SMILES string of the molecule is CCOC(=O)/C(C)=C/CC/C(C)=C/CCc1ccc2cc(OCc3ccccc3)ccc2n1. The maximum absolute atomic E-state index is 11.6. The zero-order valence-corrected chi connectivity index (χ0v) is 19.8. The number of aryl methyl sites for hydroxylation is 1. The van der Waals surface area contributed by atoms with Crippen LogP contribution in [0.15, 0.2) is 84.0 Å². The predicted molar refractivity (Wildman–Crippen MR) is 134 cm³/mol. The van der Waals surface area contributed by atoms with Crippen LogP contribution in [0.3, 0.4) is 0 Å². The smallest absolute Gasteiger partial charge is 0.333 e. The van der Waals surface area contributed by atoms with Gasteiger partial charge < -0.3 is 9.47 Å². The lowest BCUT2D eigenvalue weighted by Crippen LogP contribution is -2.04. The van der Waals surface area contributed by atoms with Crippen LogP contribution in [0.5, 0.6) is 5.75 Å². The maximum Gasteiger partial charge on any atom is 0.333 e. The van der Waals surface area contributed by atoms with Gasteiger partial charge in [0.05, 0.1) is 12.1 Å². The van der Waals surface area contributed by atoms with Crippen LogP contribution in [0.25, 0.3) is 10.9 Å². The molecule has 0 saturated heterocycles. The minimum Gasteiger partial charge on any atom is -0.489 e. The highest BCUT2D eigenvalue weighted by Gasteiger charge is 2.04. The van der Waals surface area contributed by atoms with E-state index < -0.39 is 0 Å². The molecule has 0 unspecified atom stereocenters. The summed E-state index contributed by atoms with van der Waals surface area (Å²) >= 11 is 0. The third-order valence-corrected chi connectivity index (χ3v) is 5.45. The molecule has 2 aromatic carbocycles. The lowest BCUT2D eigenvalue weighted by Gasteiger charge is -2.08. The summed E-state index contributed by atoms with van der Waals surface area (Å²) in [5.41, 5.74) is 5.23. The fourth-order valence-corrected chi connectivity index (χ4v) is 3.53. The van der Waals surface area contributed by atoms with E-state index in [4.69, 9.17) is 14.5 Å². The number of benzene rings is 2. The van der Waals surface area contributed by atoms with Crippen molar-refractivity contribution in [1.29, 1.82) is 0 Å². The van der Waals surface area contributed by atoms with Crippen molar-refractivity contribution >= 4 is 16.9 Å². The molecule has 4 nitrogen and oxygen atoms in total. The Morgan fingerprint density at radius 3 is 2.58 bits per heavy atom. The molecular weight excluding hydrogens is 410 g/mol. The second-order valence-corrected chi connectivity index (χ2v) is 8.17. The van der Waals surface area contributed by atoms with Gasteiger partial charge in [0, 0.05) is 16.7 Å². The van der Waals surface area contributed by atoms with E-state index in [1.807, 2.05) is 49.4 Å². The number of esters is 1. The molecule has 172 valence electrons. The van der Waals surface area contributed by atoms with Gasteiger partial charge in [-0.3, -0.25) is 4.98 Å². The lowest BCUT2D eigenvalue weighted by atomic mass is 10.1. The van der Waals surface area contributed by atoms with Crippen molar-refractivity contribution < 1.29 is 14.3 Å². The number of hydrogen-bond donors (Lipinski definition) is 0. The van der Waals surface area contributed by atoms with Crippen molar-refractivity contribution in [3.05, 3.63) is 95.2 Å². The Balaban J connectivity index is 1.49. The Morgan fingerprint density at radius 1 is 0.970 bits per heavy atom. The number of carbonyl (C=O) groups is 1. The number of carbonyl (C=O) groups excluding carboxylic acids is 1. The van der Waals surface area contributed by atoms with E-state index in [9.17, 15) is 4.79 Å². The highest BCUT2D eigenvalue weighted by molar-refractivity contribution is 5.87. The first-order valence-electron chi connectivity index (χ1n) is 11.6. The fourth-order valence-electron chi connectivity index (χ4n) is 3.53. The first kappa shape index (κ1) is 24.2. The third kappa shape index (κ3) is 7.90. The van der Waals surface area contributed by atoms with Crippen LogP contribution < -0.4 is 4.74 Å². The summed E-state index contributed by atoms with van der Waals surface area (Å²) < 4.78 is 10.9. The first-order valence-corrected chi connectivity index (χ1v) is 11.6. The minimum absolute atomic E-state index is 0.226. The Labute approximate surface area is 197 Å². The van der Waals surface area contributed by atoms with Crippen molar-refractivity contribution in [2.75, 3.05) is 6.61 Å². The molecule has 1 aromatic heterocycles. The zero-order valence-electron chi connectivity index (χ0n) is 19.8. The van der Waals surface area contributed by atoms with Gasteiger partial charge in [-0.25, -0.2) is 4.79 Å². The Bertz CT molecular complexity index is 1120. The minimum atomic E-state index is -0.226. The van der Waals surface area contributed by atoms with Gasteiger partial charge in [-0.1, -0.05) is 54.1 Å². The van der Waals surface area contributed by atoms with Crippen molar-refractivity contribution in [3.63, 3.8) is 0 Å². The number of hydrogen-bond acceptors (Lipinski definition) is 4. The second-order valence-electron chi connectivity index (χ2n) is 8.17. The average Bonchev–Trinajstić information content (AvgIpc) is 2.83. The van der Waals surface area contributed by atoms with Crippen molar-refractivity contribution in [2.24, 2.45) is 0 Å². The highest BCUT2D eigenvalue weighted by atomic mass is 16.5. The van der Waals surface area contributed by atoms with Gasteiger partial charge in [-0.15, -0.1) is 0 Å². The number of nitrogens with zero attached hydrogens (tertiary/aromatic N) is 1. The van der Waals surface area contributed by atoms with Gasteiger partial charge in [0.15, 0.2) is 0 Å². The van der Waals surface area contributed by atoms with Crippen LogP contribution in [0.1, 0.15) is 51.3 Å². The van der Waals surface area contributed by atoms with Crippen LogP contribution in [-0.4, -0.2) is 17.6 Å². The zero-order chi connectivity index (χ0) is 23.5. The molecule has 0 saturated carbocycles. The molecule has 0 atom stereocenters. The molecule has 33 heavy (non-hydrogen) atoms. The van der Waals surface area contributed by atoms with Gasteiger partial charge in [0.25, 0.3) is 0 Å². The molecule has 0 bridgehead atoms. The van der Waals surface area contributed by atoms with E-state index in [1.54, 1.807) is 6.92 Å².